The van der Waals surface area contributed by atoms with E-state index in [0.29, 0.717) is 0 Å². The Morgan fingerprint density at radius 2 is 1.58 bits per heavy atom. The molecule has 0 saturated heterocycles. The molecule has 7 rings (SSSR count). The van der Waals surface area contributed by atoms with Crippen LogP contribution in [0.5, 0.6) is 0 Å². The average molecular weight is 687 g/mol. The van der Waals surface area contributed by atoms with Crippen molar-refractivity contribution < 1.29 is 20.1 Å². The molecule has 1 aliphatic heterocycles. The van der Waals surface area contributed by atoms with Crippen LogP contribution in [-0.2, 0) is 20.1 Å². The van der Waals surface area contributed by atoms with Crippen molar-refractivity contribution in [1.82, 2.24) is 9.97 Å². The summed E-state index contributed by atoms with van der Waals surface area (Å²) >= 11 is 1.82. The van der Waals surface area contributed by atoms with E-state index >= 15 is 0 Å². The third-order valence-corrected chi connectivity index (χ3v) is 7.97. The molecule has 0 saturated carbocycles. The summed E-state index contributed by atoms with van der Waals surface area (Å²) in [7, 11) is 0. The van der Waals surface area contributed by atoms with Gasteiger partial charge >= 0.3 is 0 Å². The van der Waals surface area contributed by atoms with Crippen LogP contribution < -0.4 is 0 Å². The van der Waals surface area contributed by atoms with E-state index in [1.807, 2.05) is 42.4 Å². The average Bonchev–Trinajstić information content (AvgIpc) is 2.91. The van der Waals surface area contributed by atoms with Gasteiger partial charge in [0.15, 0.2) is 0 Å². The van der Waals surface area contributed by atoms with Crippen LogP contribution in [0.15, 0.2) is 95.0 Å². The number of aryl methyl sites for hydroxylation is 4. The van der Waals surface area contributed by atoms with E-state index in [0.717, 1.165) is 22.5 Å². The molecule has 2 nitrogen and oxygen atoms in total. The normalized spacial score (nSPS) is 11.4. The summed E-state index contributed by atoms with van der Waals surface area (Å²) in [5, 5.41) is 5.15. The Balaban J connectivity index is 0.000000162. The van der Waals surface area contributed by atoms with Crippen LogP contribution in [0.4, 0.5) is 0 Å². The smallest absolute Gasteiger partial charge is 0.0192 e. The number of nitrogens with zero attached hydrogens (tertiary/aromatic N) is 2. The van der Waals surface area contributed by atoms with Crippen LogP contribution in [0.3, 0.4) is 0 Å². The van der Waals surface area contributed by atoms with Gasteiger partial charge in [-0.15, -0.1) is 77.0 Å². The van der Waals surface area contributed by atoms with Gasteiger partial charge in [-0.2, -0.15) is 0 Å². The largest absolute Gasteiger partial charge is 0.304 e. The molecule has 3 heterocycles. The minimum atomic E-state index is 0. The number of hydrogen-bond acceptors (Lipinski definition) is 3. The van der Waals surface area contributed by atoms with Gasteiger partial charge in [0, 0.05) is 37.4 Å². The van der Waals surface area contributed by atoms with E-state index in [-0.39, 0.29) is 20.1 Å². The van der Waals surface area contributed by atoms with Gasteiger partial charge in [0.05, 0.1) is 0 Å². The maximum absolute atomic E-state index is 4.66. The first-order chi connectivity index (χ1) is 18.0. The predicted octanol–water partition coefficient (Wildman–Crippen LogP) is 9.10. The second-order valence-corrected chi connectivity index (χ2v) is 10.7. The molecule has 0 bridgehead atoms. The molecule has 0 atom stereocenters. The Bertz CT molecular complexity index is 1790. The number of hydrogen-bond donors (Lipinski definition) is 0. The molecule has 38 heavy (non-hydrogen) atoms. The van der Waals surface area contributed by atoms with E-state index in [4.69, 9.17) is 0 Å². The molecule has 189 valence electrons. The molecule has 0 unspecified atom stereocenters. The van der Waals surface area contributed by atoms with Crippen molar-refractivity contribution >= 4 is 33.3 Å². The van der Waals surface area contributed by atoms with Crippen molar-refractivity contribution in [2.45, 2.75) is 37.5 Å². The van der Waals surface area contributed by atoms with Crippen molar-refractivity contribution in [3.8, 4) is 22.5 Å². The number of pyridine rings is 2. The zero-order valence-corrected chi connectivity index (χ0v) is 24.9. The zero-order chi connectivity index (χ0) is 25.5. The second-order valence-electron chi connectivity index (χ2n) is 9.63. The fourth-order valence-corrected chi connectivity index (χ4v) is 5.85. The minimum absolute atomic E-state index is 0. The first-order valence-electron chi connectivity index (χ1n) is 12.4. The summed E-state index contributed by atoms with van der Waals surface area (Å²) in [6.45, 7) is 8.39. The quantitative estimate of drug-likeness (QED) is 0.127. The number of rotatable bonds is 1. The number of fused-ring (bicyclic) bond motifs is 4. The van der Waals surface area contributed by atoms with Crippen LogP contribution in [0.1, 0.15) is 22.3 Å². The number of aromatic nitrogens is 2. The summed E-state index contributed by atoms with van der Waals surface area (Å²) in [5.74, 6) is 0. The molecule has 4 heteroatoms. The van der Waals surface area contributed by atoms with Crippen molar-refractivity contribution in [3.05, 3.63) is 120 Å². The van der Waals surface area contributed by atoms with Crippen LogP contribution in [-0.4, -0.2) is 9.97 Å². The first-order valence-corrected chi connectivity index (χ1v) is 13.2. The Morgan fingerprint density at radius 1 is 0.737 bits per heavy atom. The van der Waals surface area contributed by atoms with Gasteiger partial charge < -0.3 is 9.97 Å². The minimum Gasteiger partial charge on any atom is -0.304 e. The summed E-state index contributed by atoms with van der Waals surface area (Å²) in [4.78, 5) is 11.6. The van der Waals surface area contributed by atoms with E-state index in [9.17, 15) is 0 Å². The van der Waals surface area contributed by atoms with Crippen LogP contribution in [0.25, 0.3) is 44.1 Å². The Labute approximate surface area is 241 Å². The molecule has 0 fully saturated rings. The fraction of sp³-hybridized carbons (Fsp3) is 0.118. The van der Waals surface area contributed by atoms with Gasteiger partial charge in [-0.25, -0.2) is 0 Å². The molecule has 0 amide bonds. The van der Waals surface area contributed by atoms with E-state index < -0.39 is 0 Å². The Hall–Kier alpha value is -3.30. The number of benzene rings is 4. The molecule has 1 aliphatic rings. The Morgan fingerprint density at radius 3 is 2.37 bits per heavy atom. The molecular formula is C34H26IrN2S-2. The predicted molar refractivity (Wildman–Crippen MR) is 155 cm³/mol. The molecule has 6 aromatic rings. The molecule has 2 aromatic heterocycles. The maximum Gasteiger partial charge on any atom is 0.0192 e. The molecule has 0 aliphatic carbocycles. The van der Waals surface area contributed by atoms with Crippen molar-refractivity contribution in [1.29, 1.82) is 0 Å². The van der Waals surface area contributed by atoms with Crippen LogP contribution in [0, 0.1) is 39.8 Å². The summed E-state index contributed by atoms with van der Waals surface area (Å²) in [6, 6.07) is 32.1. The van der Waals surface area contributed by atoms with Gasteiger partial charge in [-0.05, 0) is 71.4 Å². The standard InChI is InChI=1S/C20H12NS.C14H14N.Ir/c1-12-6-7-14-13(10-12)11-18-19-15(14)8-9-21-20(19)16-4-2-3-5-17(16)22-18;1-10-4-6-13(7-5-10)14-8-11(2)12(3)9-15-14;/h2-3,5-11H,1H3;4-6,8-9H,1-3H3;/q2*-1;. The SMILES string of the molecule is Cc1c[c-]c(-c2cc(C)c(C)cn2)cc1.Cc1ccc2c(c1)cc1c3c(nccc32)-c2[c-]cccc2S1.[Ir]. The van der Waals surface area contributed by atoms with E-state index in [2.05, 4.69) is 104 Å². The monoisotopic (exact) mass is 687 g/mol. The van der Waals surface area contributed by atoms with E-state index in [1.165, 1.54) is 53.6 Å². The maximum atomic E-state index is 4.66. The second kappa shape index (κ2) is 10.8. The summed E-state index contributed by atoms with van der Waals surface area (Å²) in [6.07, 6.45) is 3.83. The van der Waals surface area contributed by atoms with Gasteiger partial charge in [0.1, 0.15) is 0 Å². The van der Waals surface area contributed by atoms with Gasteiger partial charge in [-0.3, -0.25) is 0 Å². The molecule has 0 spiro atoms. The summed E-state index contributed by atoms with van der Waals surface area (Å²) < 4.78 is 0. The van der Waals surface area contributed by atoms with Crippen LogP contribution in [0.2, 0.25) is 0 Å². The Kier molecular flexibility index (Phi) is 7.49. The van der Waals surface area contributed by atoms with E-state index in [1.54, 1.807) is 0 Å². The van der Waals surface area contributed by atoms with Gasteiger partial charge in [0.25, 0.3) is 0 Å². The van der Waals surface area contributed by atoms with Crippen molar-refractivity contribution in [2.75, 3.05) is 0 Å². The molecule has 4 aromatic carbocycles. The third-order valence-electron chi connectivity index (χ3n) is 6.87. The molecular weight excluding hydrogens is 661 g/mol. The third kappa shape index (κ3) is 4.92. The van der Waals surface area contributed by atoms with Gasteiger partial charge in [0.2, 0.25) is 0 Å². The van der Waals surface area contributed by atoms with Gasteiger partial charge in [-0.1, -0.05) is 47.2 Å². The fourth-order valence-electron chi connectivity index (χ4n) is 4.71. The first kappa shape index (κ1) is 26.3. The molecule has 0 N–H and O–H groups in total. The molecule has 1 radical (unpaired) electrons. The summed E-state index contributed by atoms with van der Waals surface area (Å²) in [5.41, 5.74) is 9.26. The topological polar surface area (TPSA) is 25.8 Å². The van der Waals surface area contributed by atoms with Crippen LogP contribution >= 0.6 is 11.8 Å². The van der Waals surface area contributed by atoms with Crippen molar-refractivity contribution in [2.24, 2.45) is 0 Å². The van der Waals surface area contributed by atoms with Crippen molar-refractivity contribution in [3.63, 3.8) is 0 Å². The zero-order valence-electron chi connectivity index (χ0n) is 21.7.